The van der Waals surface area contributed by atoms with E-state index in [1.807, 2.05) is 0 Å². The van der Waals surface area contributed by atoms with Crippen molar-refractivity contribution in [1.82, 2.24) is 15.5 Å². The Labute approximate surface area is 152 Å². The third-order valence-corrected chi connectivity index (χ3v) is 4.63. The van der Waals surface area contributed by atoms with Crippen LogP contribution in [0.1, 0.15) is 24.0 Å². The van der Waals surface area contributed by atoms with Gasteiger partial charge in [-0.15, -0.1) is 0 Å². The summed E-state index contributed by atoms with van der Waals surface area (Å²) in [5, 5.41) is 5.56. The number of benzene rings is 1. The highest BCUT2D eigenvalue weighted by atomic mass is 19.4. The molecule has 0 radical (unpaired) electrons. The van der Waals surface area contributed by atoms with Gasteiger partial charge in [-0.3, -0.25) is 4.79 Å². The summed E-state index contributed by atoms with van der Waals surface area (Å²) in [5.74, 6) is -0.775. The standard InChI is InChI=1S/C17H19F4N3O3/c18-14-3-1-11(17(19,20)21)5-10(14)6-22-13-7-24(8-13)15(25)4-2-12-9-27-16(26)23-12/h1,3,5,12-13,22H,2,4,6-9H2,(H,23,26)/t12-/m1/s1. The quantitative estimate of drug-likeness (QED) is 0.731. The molecule has 2 fully saturated rings. The summed E-state index contributed by atoms with van der Waals surface area (Å²) < 4.78 is 56.6. The number of carbonyl (C=O) groups excluding carboxylic acids is 2. The Morgan fingerprint density at radius 2 is 2.07 bits per heavy atom. The summed E-state index contributed by atoms with van der Waals surface area (Å²) >= 11 is 0. The van der Waals surface area contributed by atoms with Gasteiger partial charge in [0.05, 0.1) is 11.6 Å². The van der Waals surface area contributed by atoms with Crippen molar-refractivity contribution >= 4 is 12.0 Å². The SMILES string of the molecule is O=C1N[C@H](CCC(=O)N2CC(NCc3cc(C(F)(F)F)ccc3F)C2)CO1. The van der Waals surface area contributed by atoms with Crippen LogP contribution >= 0.6 is 0 Å². The number of carbonyl (C=O) groups is 2. The third-order valence-electron chi connectivity index (χ3n) is 4.63. The number of hydrogen-bond donors (Lipinski definition) is 2. The number of rotatable bonds is 6. The molecular formula is C17H19F4N3O3. The van der Waals surface area contributed by atoms with E-state index in [0.29, 0.717) is 25.6 Å². The van der Waals surface area contributed by atoms with Gasteiger partial charge in [0, 0.05) is 37.7 Å². The largest absolute Gasteiger partial charge is 0.447 e. The van der Waals surface area contributed by atoms with Crippen LogP contribution in [0, 0.1) is 5.82 Å². The molecule has 1 atom stereocenters. The van der Waals surface area contributed by atoms with E-state index in [1.165, 1.54) is 0 Å². The van der Waals surface area contributed by atoms with Gasteiger partial charge in [0.1, 0.15) is 12.4 Å². The number of ether oxygens (including phenoxy) is 1. The molecule has 2 amide bonds. The van der Waals surface area contributed by atoms with Crippen molar-refractivity contribution < 1.29 is 31.9 Å². The molecule has 2 aliphatic rings. The van der Waals surface area contributed by atoms with E-state index in [9.17, 15) is 27.2 Å². The van der Waals surface area contributed by atoms with Gasteiger partial charge in [0.25, 0.3) is 0 Å². The first-order chi connectivity index (χ1) is 12.7. The molecule has 27 heavy (non-hydrogen) atoms. The molecule has 1 aromatic rings. The number of alkyl carbamates (subject to hydrolysis) is 1. The number of halogens is 4. The number of cyclic esters (lactones) is 1. The lowest BCUT2D eigenvalue weighted by molar-refractivity contribution is -0.138. The summed E-state index contributed by atoms with van der Waals surface area (Å²) in [5.41, 5.74) is -0.958. The average molecular weight is 389 g/mol. The van der Waals surface area contributed by atoms with E-state index in [4.69, 9.17) is 4.74 Å². The number of nitrogens with one attached hydrogen (secondary N) is 2. The minimum atomic E-state index is -4.52. The summed E-state index contributed by atoms with van der Waals surface area (Å²) in [4.78, 5) is 24.6. The van der Waals surface area contributed by atoms with Crippen LogP contribution in [0.15, 0.2) is 18.2 Å². The lowest BCUT2D eigenvalue weighted by Gasteiger charge is -2.40. The number of likely N-dealkylation sites (tertiary alicyclic amines) is 1. The molecule has 148 valence electrons. The maximum absolute atomic E-state index is 13.7. The van der Waals surface area contributed by atoms with Crippen LogP contribution in [-0.2, 0) is 22.3 Å². The second-order valence-electron chi connectivity index (χ2n) is 6.66. The number of hydrogen-bond acceptors (Lipinski definition) is 4. The minimum absolute atomic E-state index is 0.0477. The molecule has 2 N–H and O–H groups in total. The average Bonchev–Trinajstić information content (AvgIpc) is 2.97. The third kappa shape index (κ3) is 4.88. The molecule has 10 heteroatoms. The van der Waals surface area contributed by atoms with Crippen molar-refractivity contribution in [1.29, 1.82) is 0 Å². The van der Waals surface area contributed by atoms with Gasteiger partial charge < -0.3 is 20.3 Å². The highest BCUT2D eigenvalue weighted by Gasteiger charge is 2.33. The van der Waals surface area contributed by atoms with E-state index in [-0.39, 0.29) is 43.1 Å². The van der Waals surface area contributed by atoms with Crippen LogP contribution in [0.3, 0.4) is 0 Å². The van der Waals surface area contributed by atoms with Gasteiger partial charge in [-0.05, 0) is 24.6 Å². The molecule has 2 heterocycles. The molecule has 3 rings (SSSR count). The van der Waals surface area contributed by atoms with Crippen molar-refractivity contribution in [3.63, 3.8) is 0 Å². The first-order valence-corrected chi connectivity index (χ1v) is 8.52. The van der Waals surface area contributed by atoms with Crippen molar-refractivity contribution in [3.05, 3.63) is 35.1 Å². The number of amides is 2. The second-order valence-corrected chi connectivity index (χ2v) is 6.66. The van der Waals surface area contributed by atoms with Gasteiger partial charge >= 0.3 is 12.3 Å². The molecule has 6 nitrogen and oxygen atoms in total. The summed E-state index contributed by atoms with van der Waals surface area (Å²) in [6.07, 6.45) is -4.26. The van der Waals surface area contributed by atoms with Crippen molar-refractivity contribution in [2.45, 2.75) is 37.6 Å². The lowest BCUT2D eigenvalue weighted by atomic mass is 10.1. The fraction of sp³-hybridized carbons (Fsp3) is 0.529. The maximum atomic E-state index is 13.7. The van der Waals surface area contributed by atoms with Crippen LogP contribution < -0.4 is 10.6 Å². The van der Waals surface area contributed by atoms with Gasteiger partial charge in [0.15, 0.2) is 0 Å². The van der Waals surface area contributed by atoms with Crippen LogP contribution in [0.2, 0.25) is 0 Å². The van der Waals surface area contributed by atoms with Crippen LogP contribution in [0.25, 0.3) is 0 Å². The molecular weight excluding hydrogens is 370 g/mol. The smallest absolute Gasteiger partial charge is 0.416 e. The Bertz CT molecular complexity index is 720. The Morgan fingerprint density at radius 1 is 1.33 bits per heavy atom. The van der Waals surface area contributed by atoms with Gasteiger partial charge in [-0.25, -0.2) is 9.18 Å². The first kappa shape index (κ1) is 19.4. The van der Waals surface area contributed by atoms with E-state index < -0.39 is 23.7 Å². The molecule has 2 saturated heterocycles. The monoisotopic (exact) mass is 389 g/mol. The zero-order valence-corrected chi connectivity index (χ0v) is 14.3. The Morgan fingerprint density at radius 3 is 2.70 bits per heavy atom. The number of alkyl halides is 3. The topological polar surface area (TPSA) is 70.7 Å². The highest BCUT2D eigenvalue weighted by molar-refractivity contribution is 5.77. The van der Waals surface area contributed by atoms with E-state index in [2.05, 4.69) is 10.6 Å². The number of nitrogens with zero attached hydrogens (tertiary/aromatic N) is 1. The fourth-order valence-electron chi connectivity index (χ4n) is 2.99. The normalized spacial score (nSPS) is 20.2. The highest BCUT2D eigenvalue weighted by Crippen LogP contribution is 2.30. The molecule has 0 unspecified atom stereocenters. The second kappa shape index (κ2) is 7.71. The molecule has 0 bridgehead atoms. The fourth-order valence-corrected chi connectivity index (χ4v) is 2.99. The van der Waals surface area contributed by atoms with Crippen molar-refractivity contribution in [2.24, 2.45) is 0 Å². The predicted octanol–water partition coefficient (Wildman–Crippen LogP) is 2.03. The predicted molar refractivity (Wildman–Crippen MR) is 86.1 cm³/mol. The lowest BCUT2D eigenvalue weighted by Crippen LogP contribution is -2.59. The maximum Gasteiger partial charge on any atom is 0.416 e. The minimum Gasteiger partial charge on any atom is -0.447 e. The molecule has 2 aliphatic heterocycles. The Kier molecular flexibility index (Phi) is 5.54. The van der Waals surface area contributed by atoms with Crippen LogP contribution in [-0.4, -0.2) is 48.7 Å². The van der Waals surface area contributed by atoms with E-state index >= 15 is 0 Å². The molecule has 0 spiro atoms. The summed E-state index contributed by atoms with van der Waals surface area (Å²) in [6.45, 7) is 1.02. The Hall–Kier alpha value is -2.36. The zero-order chi connectivity index (χ0) is 19.6. The van der Waals surface area contributed by atoms with Gasteiger partial charge in [-0.2, -0.15) is 13.2 Å². The molecule has 0 saturated carbocycles. The van der Waals surface area contributed by atoms with Gasteiger partial charge in [0.2, 0.25) is 5.91 Å². The summed E-state index contributed by atoms with van der Waals surface area (Å²) in [7, 11) is 0. The van der Waals surface area contributed by atoms with Crippen molar-refractivity contribution in [3.8, 4) is 0 Å². The first-order valence-electron chi connectivity index (χ1n) is 8.52. The van der Waals surface area contributed by atoms with Crippen LogP contribution in [0.5, 0.6) is 0 Å². The molecule has 1 aromatic carbocycles. The molecule has 0 aliphatic carbocycles. The van der Waals surface area contributed by atoms with Crippen molar-refractivity contribution in [2.75, 3.05) is 19.7 Å². The molecule has 0 aromatic heterocycles. The van der Waals surface area contributed by atoms with E-state index in [0.717, 1.165) is 12.1 Å². The zero-order valence-electron chi connectivity index (χ0n) is 14.3. The van der Waals surface area contributed by atoms with E-state index in [1.54, 1.807) is 4.90 Å². The summed E-state index contributed by atoms with van der Waals surface area (Å²) in [6, 6.07) is 2.04. The van der Waals surface area contributed by atoms with Gasteiger partial charge in [-0.1, -0.05) is 0 Å². The Balaban J connectivity index is 1.40. The van der Waals surface area contributed by atoms with Crippen LogP contribution in [0.4, 0.5) is 22.4 Å².